The number of ether oxygens (including phenoxy) is 2. The minimum Gasteiger partial charge on any atom is -0.480 e. The summed E-state index contributed by atoms with van der Waals surface area (Å²) >= 11 is 0. The van der Waals surface area contributed by atoms with Gasteiger partial charge in [-0.25, -0.2) is 4.79 Å². The Morgan fingerprint density at radius 1 is 0.836 bits per heavy atom. The lowest BCUT2D eigenvalue weighted by Crippen LogP contribution is -2.57. The van der Waals surface area contributed by atoms with Gasteiger partial charge >= 0.3 is 5.97 Å². The van der Waals surface area contributed by atoms with E-state index < -0.39 is 41.5 Å². The van der Waals surface area contributed by atoms with E-state index in [2.05, 4.69) is 26.0 Å². The van der Waals surface area contributed by atoms with Gasteiger partial charge in [0.1, 0.15) is 17.9 Å². The fraction of sp³-hybridized carbons (Fsp3) is 0.740. The summed E-state index contributed by atoms with van der Waals surface area (Å²) in [5.41, 5.74) is 2.18. The molecule has 0 spiro atoms. The van der Waals surface area contributed by atoms with Crippen LogP contribution in [0.15, 0.2) is 47.6 Å². The fourth-order valence-electron chi connectivity index (χ4n) is 9.02. The fourth-order valence-corrected chi connectivity index (χ4v) is 9.02. The first-order valence-corrected chi connectivity index (χ1v) is 23.1. The molecule has 0 radical (unpaired) electrons. The second-order valence-electron chi connectivity index (χ2n) is 18.7. The number of amides is 1. The number of Topliss-reactive ketones (excluding diaryl/α,β-unsaturated/α-hetero) is 3. The molecule has 1 aliphatic heterocycles. The lowest BCUT2D eigenvalue weighted by Gasteiger charge is -2.35. The van der Waals surface area contributed by atoms with Gasteiger partial charge < -0.3 is 29.7 Å². The third-order valence-corrected chi connectivity index (χ3v) is 13.1. The monoisotopic (exact) mass is 856 g/mol. The van der Waals surface area contributed by atoms with Crippen molar-refractivity contribution in [2.75, 3.05) is 20.8 Å². The van der Waals surface area contributed by atoms with Crippen molar-refractivity contribution in [1.29, 1.82) is 0 Å². The Morgan fingerprint density at radius 2 is 1.56 bits per heavy atom. The topological polar surface area (TPSA) is 168 Å². The zero-order chi connectivity index (χ0) is 45.7. The molecule has 1 saturated carbocycles. The van der Waals surface area contributed by atoms with Gasteiger partial charge in [-0.1, -0.05) is 108 Å². The number of rotatable bonds is 28. The molecular formula is C50H81NO10. The van der Waals surface area contributed by atoms with Crippen LogP contribution in [0.5, 0.6) is 0 Å². The van der Waals surface area contributed by atoms with Crippen LogP contribution in [-0.4, -0.2) is 94.2 Å². The molecule has 0 aromatic heterocycles. The number of ketones is 3. The van der Waals surface area contributed by atoms with Crippen molar-refractivity contribution in [3.05, 3.63) is 47.6 Å². The van der Waals surface area contributed by atoms with Gasteiger partial charge in [-0.05, 0) is 102 Å². The average molecular weight is 856 g/mol. The highest BCUT2D eigenvalue weighted by Crippen LogP contribution is 2.32. The van der Waals surface area contributed by atoms with Crippen LogP contribution in [0.1, 0.15) is 158 Å². The molecule has 2 aliphatic rings. The van der Waals surface area contributed by atoms with Crippen molar-refractivity contribution in [2.24, 2.45) is 35.5 Å². The van der Waals surface area contributed by atoms with E-state index >= 15 is 0 Å². The number of aliphatic carboxylic acids is 1. The highest BCUT2D eigenvalue weighted by atomic mass is 16.5. The second kappa shape index (κ2) is 27.7. The van der Waals surface area contributed by atoms with Gasteiger partial charge in [0.25, 0.3) is 11.7 Å². The number of likely N-dealkylation sites (tertiary alicyclic amines) is 1. The van der Waals surface area contributed by atoms with E-state index in [0.29, 0.717) is 62.9 Å². The van der Waals surface area contributed by atoms with E-state index in [1.165, 1.54) is 25.3 Å². The van der Waals surface area contributed by atoms with Crippen LogP contribution in [-0.2, 0) is 33.4 Å². The number of hydrogen-bond acceptors (Lipinski definition) is 9. The largest absolute Gasteiger partial charge is 0.480 e. The van der Waals surface area contributed by atoms with Gasteiger partial charge in [-0.3, -0.25) is 19.2 Å². The molecule has 2 fully saturated rings. The molecule has 3 unspecified atom stereocenters. The maximum absolute atomic E-state index is 13.4. The number of carboxylic acids is 1. The van der Waals surface area contributed by atoms with E-state index in [-0.39, 0.29) is 42.3 Å². The van der Waals surface area contributed by atoms with Crippen LogP contribution in [0.25, 0.3) is 0 Å². The van der Waals surface area contributed by atoms with Crippen LogP contribution in [0.2, 0.25) is 0 Å². The first-order valence-electron chi connectivity index (χ1n) is 23.1. The van der Waals surface area contributed by atoms with Crippen LogP contribution in [0.4, 0.5) is 0 Å². The van der Waals surface area contributed by atoms with Crippen molar-refractivity contribution < 1.29 is 48.8 Å². The first-order chi connectivity index (χ1) is 28.8. The molecule has 0 aromatic rings. The third-order valence-electron chi connectivity index (χ3n) is 13.1. The predicted octanol–water partition coefficient (Wildman–Crippen LogP) is 9.15. The highest BCUT2D eigenvalue weighted by Gasteiger charge is 2.47. The predicted molar refractivity (Wildman–Crippen MR) is 241 cm³/mol. The van der Waals surface area contributed by atoms with Crippen molar-refractivity contribution in [3.63, 3.8) is 0 Å². The third kappa shape index (κ3) is 18.9. The van der Waals surface area contributed by atoms with Crippen LogP contribution in [0.3, 0.4) is 0 Å². The number of carboxylic acid groups (broad SMARTS) is 1. The van der Waals surface area contributed by atoms with Gasteiger partial charge in [0.05, 0.1) is 6.10 Å². The van der Waals surface area contributed by atoms with E-state index in [9.17, 15) is 39.3 Å². The molecular weight excluding hydrogens is 775 g/mol. The zero-order valence-corrected chi connectivity index (χ0v) is 39.0. The van der Waals surface area contributed by atoms with Gasteiger partial charge in [0, 0.05) is 51.4 Å². The maximum Gasteiger partial charge on any atom is 0.326 e. The molecule has 1 saturated heterocycles. The quantitative estimate of drug-likeness (QED) is 0.0227. The van der Waals surface area contributed by atoms with Crippen molar-refractivity contribution in [2.45, 2.75) is 182 Å². The molecule has 0 bridgehead atoms. The molecule has 9 atom stereocenters. The lowest BCUT2D eigenvalue weighted by atomic mass is 9.80. The van der Waals surface area contributed by atoms with Crippen LogP contribution in [0, 0.1) is 35.5 Å². The Bertz CT molecular complexity index is 1530. The standard InChI is InChI=1S/C50H81NO10/c1-34(20-13-11-15-22-40(7)50(58,59)47(54)48(55)51-28-17-16-25-43(51)49(56)57)19-12-10-14-21-35(2)29-39(6)46(53)45(61-9)32-37(4)30-38(5)44(52)27-26-36(3)31-41-23-18-24-42(33-41)60-8/h10,12,14,19,21,30,35-36,38-43,45,58-59H,11,13,15-18,20,22-29,31-33H2,1-9H3,(H,56,57)/b12-10+,21-14+,34-19+,37-30+/t35-,36+,38-,39?,40-,41+,42+,43?,45?/m1/s1. The Labute approximate surface area is 367 Å². The van der Waals surface area contributed by atoms with Gasteiger partial charge in [0.15, 0.2) is 5.78 Å². The van der Waals surface area contributed by atoms with Gasteiger partial charge in [-0.15, -0.1) is 0 Å². The number of aliphatic hydroxyl groups is 2. The molecule has 3 N–H and O–H groups in total. The number of carbonyl (C=O) groups excluding carboxylic acids is 4. The number of allylic oxidation sites excluding steroid dienone is 7. The number of hydrogen-bond donors (Lipinski definition) is 3. The smallest absolute Gasteiger partial charge is 0.326 e. The SMILES string of the molecule is COC(C/C(C)=C/[C@@H](C)C(=O)CC[C@H](C)C[C@@H]1CCC[C@H](OC)C1)C(=O)C(C)C[C@H](C)/C=C/C=C/C=C(\C)CCCCC[C@@H](C)C(O)(O)C(=O)C(=O)N1CCCCC1C(=O)O. The molecule has 61 heavy (non-hydrogen) atoms. The number of methoxy groups -OCH3 is 2. The number of piperidine rings is 1. The molecule has 11 nitrogen and oxygen atoms in total. The lowest BCUT2D eigenvalue weighted by molar-refractivity contribution is -0.205. The minimum atomic E-state index is -2.86. The molecule has 1 heterocycles. The van der Waals surface area contributed by atoms with E-state index in [0.717, 1.165) is 55.4 Å². The summed E-state index contributed by atoms with van der Waals surface area (Å²) in [6.07, 6.45) is 25.4. The van der Waals surface area contributed by atoms with Crippen molar-refractivity contribution >= 4 is 29.2 Å². The molecule has 346 valence electrons. The highest BCUT2D eigenvalue weighted by molar-refractivity contribution is 6.39. The summed E-state index contributed by atoms with van der Waals surface area (Å²) in [7, 11) is 3.39. The second-order valence-corrected chi connectivity index (χ2v) is 18.7. The van der Waals surface area contributed by atoms with E-state index in [4.69, 9.17) is 9.47 Å². The Morgan fingerprint density at radius 3 is 2.23 bits per heavy atom. The zero-order valence-electron chi connectivity index (χ0n) is 39.0. The summed E-state index contributed by atoms with van der Waals surface area (Å²) in [5.74, 6) is -6.15. The van der Waals surface area contributed by atoms with E-state index in [1.54, 1.807) is 7.11 Å². The summed E-state index contributed by atoms with van der Waals surface area (Å²) in [5, 5.41) is 30.6. The van der Waals surface area contributed by atoms with Gasteiger partial charge in [0.2, 0.25) is 5.79 Å². The first kappa shape index (κ1) is 53.9. The average Bonchev–Trinajstić information content (AvgIpc) is 3.23. The molecule has 0 aromatic carbocycles. The summed E-state index contributed by atoms with van der Waals surface area (Å²) in [6, 6.07) is -1.13. The van der Waals surface area contributed by atoms with Crippen LogP contribution < -0.4 is 0 Å². The van der Waals surface area contributed by atoms with Gasteiger partial charge in [-0.2, -0.15) is 0 Å². The number of unbranched alkanes of at least 4 members (excludes halogenated alkanes) is 2. The summed E-state index contributed by atoms with van der Waals surface area (Å²) < 4.78 is 11.3. The van der Waals surface area contributed by atoms with Crippen molar-refractivity contribution in [1.82, 2.24) is 4.90 Å². The minimum absolute atomic E-state index is 0.0736. The van der Waals surface area contributed by atoms with Crippen molar-refractivity contribution in [3.8, 4) is 0 Å². The Hall–Kier alpha value is -3.25. The maximum atomic E-state index is 13.4. The van der Waals surface area contributed by atoms with Crippen LogP contribution >= 0.6 is 0 Å². The molecule has 1 aliphatic carbocycles. The summed E-state index contributed by atoms with van der Waals surface area (Å²) in [4.78, 5) is 64.5. The Balaban J connectivity index is 1.71. The normalized spacial score (nSPS) is 22.5. The number of nitrogens with zero attached hydrogens (tertiary/aromatic N) is 1. The molecule has 1 amide bonds. The Kier molecular flexibility index (Phi) is 24.5. The molecule has 2 rings (SSSR count). The summed E-state index contributed by atoms with van der Waals surface area (Å²) in [6.45, 7) is 13.9. The van der Waals surface area contributed by atoms with E-state index in [1.807, 2.05) is 59.1 Å². The number of carbonyl (C=O) groups is 5. The molecule has 11 heteroatoms.